The number of nitrogen functional groups attached to an aromatic ring is 1. The molecule has 2 aromatic rings. The highest BCUT2D eigenvalue weighted by molar-refractivity contribution is 6.30. The molecule has 0 spiro atoms. The Balaban J connectivity index is 1.61. The van der Waals surface area contributed by atoms with Gasteiger partial charge in [-0.2, -0.15) is 0 Å². The summed E-state index contributed by atoms with van der Waals surface area (Å²) in [5.74, 6) is 0.0492. The number of carbonyl (C=O) groups is 1. The van der Waals surface area contributed by atoms with E-state index in [0.29, 0.717) is 32.6 Å². The van der Waals surface area contributed by atoms with Gasteiger partial charge in [-0.3, -0.25) is 4.79 Å². The van der Waals surface area contributed by atoms with Crippen LogP contribution < -0.4 is 11.1 Å². The molecule has 1 aliphatic rings. The molecule has 0 bridgehead atoms. The van der Waals surface area contributed by atoms with E-state index >= 15 is 0 Å². The molecule has 1 heterocycles. The third-order valence-electron chi connectivity index (χ3n) is 5.21. The first-order valence-electron chi connectivity index (χ1n) is 9.03. The molecule has 1 saturated heterocycles. The Kier molecular flexibility index (Phi) is 6.17. The summed E-state index contributed by atoms with van der Waals surface area (Å²) in [7, 11) is 0. The first kappa shape index (κ1) is 18.7. The van der Waals surface area contributed by atoms with Gasteiger partial charge in [-0.1, -0.05) is 41.9 Å². The average molecular weight is 373 g/mol. The van der Waals surface area contributed by atoms with E-state index in [2.05, 4.69) is 17.4 Å². The van der Waals surface area contributed by atoms with Gasteiger partial charge in [-0.25, -0.2) is 0 Å². The van der Waals surface area contributed by atoms with Crippen molar-refractivity contribution < 1.29 is 9.53 Å². The van der Waals surface area contributed by atoms with E-state index in [-0.39, 0.29) is 11.3 Å². The first-order valence-corrected chi connectivity index (χ1v) is 9.41. The summed E-state index contributed by atoms with van der Waals surface area (Å²) in [6, 6.07) is 15.6. The number of halogens is 1. The Morgan fingerprint density at radius 1 is 1.12 bits per heavy atom. The summed E-state index contributed by atoms with van der Waals surface area (Å²) < 4.78 is 5.54. The number of para-hydroxylation sites is 1. The first-order chi connectivity index (χ1) is 12.6. The van der Waals surface area contributed by atoms with Crippen molar-refractivity contribution in [2.75, 3.05) is 25.5 Å². The third kappa shape index (κ3) is 4.57. The minimum Gasteiger partial charge on any atom is -0.399 e. The molecular formula is C21H25ClN2O2. The van der Waals surface area contributed by atoms with E-state index in [9.17, 15) is 4.79 Å². The molecule has 0 atom stereocenters. The van der Waals surface area contributed by atoms with Crippen LogP contribution in [0, 0.1) is 0 Å². The molecule has 5 heteroatoms. The minimum absolute atomic E-state index is 0.0492. The van der Waals surface area contributed by atoms with Gasteiger partial charge in [0.15, 0.2) is 0 Å². The SMILES string of the molecule is Nc1ccccc1CCC(=O)NCC1(c2ccc(Cl)cc2)CCOCC1. The van der Waals surface area contributed by atoms with Crippen molar-refractivity contribution >= 4 is 23.2 Å². The number of hydrogen-bond acceptors (Lipinski definition) is 3. The van der Waals surface area contributed by atoms with Crippen LogP contribution >= 0.6 is 11.6 Å². The maximum atomic E-state index is 12.4. The Hall–Kier alpha value is -2.04. The van der Waals surface area contributed by atoms with Crippen molar-refractivity contribution in [3.05, 3.63) is 64.7 Å². The molecule has 3 N–H and O–H groups in total. The van der Waals surface area contributed by atoms with Crippen LogP contribution in [0.3, 0.4) is 0 Å². The number of hydrogen-bond donors (Lipinski definition) is 2. The highest BCUT2D eigenvalue weighted by Gasteiger charge is 2.34. The van der Waals surface area contributed by atoms with Crippen LogP contribution in [-0.4, -0.2) is 25.7 Å². The fourth-order valence-corrected chi connectivity index (χ4v) is 3.63. The number of benzene rings is 2. The van der Waals surface area contributed by atoms with Gasteiger partial charge < -0.3 is 15.8 Å². The van der Waals surface area contributed by atoms with Crippen molar-refractivity contribution in [1.82, 2.24) is 5.32 Å². The molecule has 26 heavy (non-hydrogen) atoms. The Labute approximate surface area is 159 Å². The quantitative estimate of drug-likeness (QED) is 0.759. The zero-order chi connectivity index (χ0) is 18.4. The third-order valence-corrected chi connectivity index (χ3v) is 5.46. The molecule has 0 radical (unpaired) electrons. The minimum atomic E-state index is -0.0930. The predicted molar refractivity (Wildman–Crippen MR) is 105 cm³/mol. The van der Waals surface area contributed by atoms with E-state index < -0.39 is 0 Å². The number of anilines is 1. The molecule has 3 rings (SSSR count). The van der Waals surface area contributed by atoms with Gasteiger partial charge >= 0.3 is 0 Å². The molecule has 2 aromatic carbocycles. The highest BCUT2D eigenvalue weighted by Crippen LogP contribution is 2.35. The zero-order valence-corrected chi connectivity index (χ0v) is 15.6. The van der Waals surface area contributed by atoms with Gasteiger partial charge in [-0.15, -0.1) is 0 Å². The average Bonchev–Trinajstić information content (AvgIpc) is 2.67. The van der Waals surface area contributed by atoms with E-state index in [1.165, 1.54) is 5.56 Å². The van der Waals surface area contributed by atoms with Gasteiger partial charge in [0.1, 0.15) is 0 Å². The van der Waals surface area contributed by atoms with Gasteiger partial charge in [0.2, 0.25) is 5.91 Å². The fourth-order valence-electron chi connectivity index (χ4n) is 3.50. The molecule has 0 aliphatic carbocycles. The second kappa shape index (κ2) is 8.56. The van der Waals surface area contributed by atoms with E-state index in [1.54, 1.807) is 0 Å². The standard InChI is InChI=1S/C21H25ClN2O2/c22-18-8-6-17(7-9-18)21(11-13-26-14-12-21)15-24-20(25)10-5-16-3-1-2-4-19(16)23/h1-4,6-9H,5,10-15,23H2,(H,24,25). The highest BCUT2D eigenvalue weighted by atomic mass is 35.5. The lowest BCUT2D eigenvalue weighted by Crippen LogP contribution is -2.44. The lowest BCUT2D eigenvalue weighted by molar-refractivity contribution is -0.121. The Bertz CT molecular complexity index is 740. The maximum absolute atomic E-state index is 12.4. The molecule has 1 amide bonds. The van der Waals surface area contributed by atoms with Crippen molar-refractivity contribution in [3.8, 4) is 0 Å². The lowest BCUT2D eigenvalue weighted by atomic mass is 9.74. The second-order valence-electron chi connectivity index (χ2n) is 6.88. The smallest absolute Gasteiger partial charge is 0.220 e. The van der Waals surface area contributed by atoms with E-state index in [1.807, 2.05) is 36.4 Å². The number of nitrogens with two attached hydrogens (primary N) is 1. The number of aryl methyl sites for hydroxylation is 1. The van der Waals surface area contributed by atoms with Crippen LogP contribution in [0.5, 0.6) is 0 Å². The zero-order valence-electron chi connectivity index (χ0n) is 14.8. The number of ether oxygens (including phenoxy) is 1. The molecule has 1 fully saturated rings. The van der Waals surface area contributed by atoms with Gasteiger partial charge in [0, 0.05) is 42.3 Å². The van der Waals surface area contributed by atoms with Crippen LogP contribution in [0.2, 0.25) is 5.02 Å². The van der Waals surface area contributed by atoms with Crippen LogP contribution in [0.1, 0.15) is 30.4 Å². The number of rotatable bonds is 6. The summed E-state index contributed by atoms with van der Waals surface area (Å²) in [4.78, 5) is 12.4. The van der Waals surface area contributed by atoms with E-state index in [0.717, 1.165) is 29.1 Å². The van der Waals surface area contributed by atoms with Crippen LogP contribution in [-0.2, 0) is 21.4 Å². The molecule has 4 nitrogen and oxygen atoms in total. The van der Waals surface area contributed by atoms with Crippen LogP contribution in [0.25, 0.3) is 0 Å². The van der Waals surface area contributed by atoms with Crippen molar-refractivity contribution in [2.45, 2.75) is 31.1 Å². The Morgan fingerprint density at radius 3 is 2.50 bits per heavy atom. The summed E-state index contributed by atoms with van der Waals surface area (Å²) in [5, 5.41) is 3.85. The number of carbonyl (C=O) groups excluding carboxylic acids is 1. The predicted octanol–water partition coefficient (Wildman–Crippen LogP) is 3.72. The number of amides is 1. The Morgan fingerprint density at radius 2 is 1.81 bits per heavy atom. The molecule has 0 aromatic heterocycles. The normalized spacial score (nSPS) is 16.2. The van der Waals surface area contributed by atoms with Crippen LogP contribution in [0.4, 0.5) is 5.69 Å². The van der Waals surface area contributed by atoms with E-state index in [4.69, 9.17) is 22.1 Å². The summed E-state index contributed by atoms with van der Waals surface area (Å²) >= 11 is 6.03. The fraction of sp³-hybridized carbons (Fsp3) is 0.381. The van der Waals surface area contributed by atoms with Crippen LogP contribution in [0.15, 0.2) is 48.5 Å². The monoisotopic (exact) mass is 372 g/mol. The molecule has 0 saturated carbocycles. The van der Waals surface area contributed by atoms with Crippen molar-refractivity contribution in [1.29, 1.82) is 0 Å². The molecule has 1 aliphatic heterocycles. The summed E-state index contributed by atoms with van der Waals surface area (Å²) in [6.07, 6.45) is 2.86. The lowest BCUT2D eigenvalue weighted by Gasteiger charge is -2.38. The number of nitrogens with one attached hydrogen (secondary N) is 1. The topological polar surface area (TPSA) is 64.4 Å². The van der Waals surface area contributed by atoms with Gasteiger partial charge in [0.05, 0.1) is 0 Å². The van der Waals surface area contributed by atoms with Gasteiger partial charge in [0.25, 0.3) is 0 Å². The molecule has 0 unspecified atom stereocenters. The van der Waals surface area contributed by atoms with Gasteiger partial charge in [-0.05, 0) is 48.6 Å². The maximum Gasteiger partial charge on any atom is 0.220 e. The molecular weight excluding hydrogens is 348 g/mol. The second-order valence-corrected chi connectivity index (χ2v) is 7.31. The van der Waals surface area contributed by atoms with Crippen molar-refractivity contribution in [2.24, 2.45) is 0 Å². The largest absolute Gasteiger partial charge is 0.399 e. The van der Waals surface area contributed by atoms with Crippen molar-refractivity contribution in [3.63, 3.8) is 0 Å². The summed E-state index contributed by atoms with van der Waals surface area (Å²) in [5.41, 5.74) is 8.82. The molecule has 138 valence electrons. The summed E-state index contributed by atoms with van der Waals surface area (Å²) in [6.45, 7) is 2.03.